The Hall–Kier alpha value is -5.52. The Labute approximate surface area is 271 Å². The van der Waals surface area contributed by atoms with Crippen LogP contribution >= 0.6 is 0 Å². The van der Waals surface area contributed by atoms with Crippen LogP contribution in [0.3, 0.4) is 0 Å². The Morgan fingerprint density at radius 2 is 1.52 bits per heavy atom. The number of fused-ring (bicyclic) bond motifs is 4. The van der Waals surface area contributed by atoms with E-state index >= 15 is 0 Å². The quantitative estimate of drug-likeness (QED) is 0.155. The van der Waals surface area contributed by atoms with Crippen LogP contribution in [-0.2, 0) is 6.61 Å². The minimum absolute atomic E-state index is 0.106. The fourth-order valence-corrected chi connectivity index (χ4v) is 6.79. The predicted molar refractivity (Wildman–Crippen MR) is 181 cm³/mol. The lowest BCUT2D eigenvalue weighted by Gasteiger charge is -2.23. The zero-order valence-electron chi connectivity index (χ0n) is 25.9. The Bertz CT molecular complexity index is 2510. The SMILES string of the molecule is Cc1nc2cc(CO)c(-c3c[nH]c4cc(F)ccc34)cc2o1.O=c1oc2cc(-c3c[nH]c4cc(F)ccc34)ccc2n1C1CCNCC1. The second-order valence-electron chi connectivity index (χ2n) is 12.1. The van der Waals surface area contributed by atoms with Crippen molar-refractivity contribution in [3.05, 3.63) is 113 Å². The van der Waals surface area contributed by atoms with Gasteiger partial charge in [0.25, 0.3) is 0 Å². The summed E-state index contributed by atoms with van der Waals surface area (Å²) in [7, 11) is 0. The van der Waals surface area contributed by atoms with Gasteiger partial charge in [-0.1, -0.05) is 6.07 Å². The smallest absolute Gasteiger partial charge is 0.420 e. The zero-order chi connectivity index (χ0) is 32.9. The number of aliphatic hydroxyl groups excluding tert-OH is 1. The second-order valence-corrected chi connectivity index (χ2v) is 12.1. The fraction of sp³-hybridized carbons (Fsp3) is 0.189. The molecule has 4 aromatic carbocycles. The molecule has 9 rings (SSSR count). The van der Waals surface area contributed by atoms with Crippen LogP contribution in [0.25, 0.3) is 66.3 Å². The summed E-state index contributed by atoms with van der Waals surface area (Å²) in [6.07, 6.45) is 5.51. The number of aromatic nitrogens is 4. The van der Waals surface area contributed by atoms with Gasteiger partial charge in [-0.2, -0.15) is 0 Å². The molecule has 1 aliphatic heterocycles. The van der Waals surface area contributed by atoms with Crippen LogP contribution in [-0.4, -0.2) is 37.7 Å². The van der Waals surface area contributed by atoms with Gasteiger partial charge in [0.15, 0.2) is 17.1 Å². The molecule has 9 nitrogen and oxygen atoms in total. The highest BCUT2D eigenvalue weighted by Gasteiger charge is 2.21. The Morgan fingerprint density at radius 1 is 0.833 bits per heavy atom. The van der Waals surface area contributed by atoms with E-state index in [1.54, 1.807) is 23.6 Å². The minimum atomic E-state index is -0.301. The normalized spacial score (nSPS) is 13.9. The number of rotatable bonds is 4. The van der Waals surface area contributed by atoms with Crippen LogP contribution in [0.2, 0.25) is 0 Å². The molecule has 1 fully saturated rings. The molecular weight excluding hydrogens is 616 g/mol. The molecule has 0 radical (unpaired) electrons. The molecule has 0 amide bonds. The number of nitrogens with one attached hydrogen (secondary N) is 3. The van der Waals surface area contributed by atoms with E-state index < -0.39 is 0 Å². The Kier molecular flexibility index (Phi) is 7.42. The highest BCUT2D eigenvalue weighted by molar-refractivity contribution is 5.99. The third-order valence-corrected chi connectivity index (χ3v) is 9.07. The van der Waals surface area contributed by atoms with Crippen LogP contribution in [0, 0.1) is 18.6 Å². The van der Waals surface area contributed by atoms with Gasteiger partial charge in [0.2, 0.25) is 0 Å². The summed E-state index contributed by atoms with van der Waals surface area (Å²) in [6, 6.07) is 19.0. The summed E-state index contributed by atoms with van der Waals surface area (Å²) < 4.78 is 39.6. The average Bonchev–Trinajstić information content (AvgIpc) is 3.86. The van der Waals surface area contributed by atoms with Crippen LogP contribution in [0.5, 0.6) is 0 Å². The summed E-state index contributed by atoms with van der Waals surface area (Å²) in [5.41, 5.74) is 8.66. The number of H-pyrrole nitrogens is 2. The van der Waals surface area contributed by atoms with Crippen molar-refractivity contribution in [3.63, 3.8) is 0 Å². The largest absolute Gasteiger partial charge is 0.441 e. The van der Waals surface area contributed by atoms with E-state index in [4.69, 9.17) is 8.83 Å². The first-order valence-corrected chi connectivity index (χ1v) is 15.8. The van der Waals surface area contributed by atoms with Gasteiger partial charge in [-0.15, -0.1) is 0 Å². The highest BCUT2D eigenvalue weighted by Crippen LogP contribution is 2.35. The Balaban J connectivity index is 0.000000142. The number of hydrogen-bond donors (Lipinski definition) is 4. The monoisotopic (exact) mass is 647 g/mol. The second kappa shape index (κ2) is 11.9. The number of benzene rings is 4. The first kappa shape index (κ1) is 29.9. The van der Waals surface area contributed by atoms with Gasteiger partial charge < -0.3 is 29.2 Å². The summed E-state index contributed by atoms with van der Waals surface area (Å²) >= 11 is 0. The molecule has 0 spiro atoms. The first-order chi connectivity index (χ1) is 23.4. The van der Waals surface area contributed by atoms with Crippen molar-refractivity contribution >= 4 is 44.0 Å². The van der Waals surface area contributed by atoms with Gasteiger partial charge in [0.05, 0.1) is 12.1 Å². The maximum atomic E-state index is 13.4. The van der Waals surface area contributed by atoms with E-state index in [1.807, 2.05) is 42.7 Å². The summed E-state index contributed by atoms with van der Waals surface area (Å²) in [6.45, 7) is 3.50. The van der Waals surface area contributed by atoms with Crippen LogP contribution < -0.4 is 11.1 Å². The molecule has 0 atom stereocenters. The molecule has 1 saturated heterocycles. The molecule has 5 heterocycles. The van der Waals surface area contributed by atoms with Crippen molar-refractivity contribution in [3.8, 4) is 22.3 Å². The van der Waals surface area contributed by atoms with Crippen LogP contribution in [0.15, 0.2) is 92.8 Å². The standard InChI is InChI=1S/C20H18FN3O2.C17H13FN2O2/c21-13-2-3-15-16(11-23-17(15)10-13)12-1-4-18-19(9-12)26-20(25)24(18)14-5-7-22-8-6-14;1-9-20-16-4-10(8-21)13(6-17(16)22-9)14-7-19-15-5-11(18)2-3-12(14)15/h1-4,9-11,14,22-23H,5-8H2;2-7,19,21H,8H2,1H3. The van der Waals surface area contributed by atoms with E-state index in [9.17, 15) is 18.7 Å². The van der Waals surface area contributed by atoms with Gasteiger partial charge in [-0.3, -0.25) is 4.57 Å². The number of halogens is 2. The zero-order valence-corrected chi connectivity index (χ0v) is 25.9. The third-order valence-electron chi connectivity index (χ3n) is 9.07. The molecule has 11 heteroatoms. The lowest BCUT2D eigenvalue weighted by molar-refractivity contribution is 0.282. The molecule has 1 aliphatic rings. The lowest BCUT2D eigenvalue weighted by Crippen LogP contribution is -2.32. The van der Waals surface area contributed by atoms with Crippen molar-refractivity contribution in [2.24, 2.45) is 0 Å². The van der Waals surface area contributed by atoms with Gasteiger partial charge >= 0.3 is 5.76 Å². The van der Waals surface area contributed by atoms with E-state index in [2.05, 4.69) is 20.3 Å². The number of piperidine rings is 1. The highest BCUT2D eigenvalue weighted by atomic mass is 19.1. The molecule has 242 valence electrons. The lowest BCUT2D eigenvalue weighted by atomic mass is 9.99. The number of nitrogens with zero attached hydrogens (tertiary/aromatic N) is 2. The molecule has 0 saturated carbocycles. The molecule has 4 aromatic heterocycles. The Morgan fingerprint density at radius 3 is 2.23 bits per heavy atom. The topological polar surface area (TPSA) is 125 Å². The van der Waals surface area contributed by atoms with Gasteiger partial charge in [0, 0.05) is 58.3 Å². The van der Waals surface area contributed by atoms with Crippen LogP contribution in [0.1, 0.15) is 30.3 Å². The number of aromatic amines is 2. The van der Waals surface area contributed by atoms with Crippen molar-refractivity contribution in [1.29, 1.82) is 0 Å². The van der Waals surface area contributed by atoms with Crippen molar-refractivity contribution in [1.82, 2.24) is 24.8 Å². The molecule has 8 aromatic rings. The van der Waals surface area contributed by atoms with E-state index in [-0.39, 0.29) is 30.0 Å². The average molecular weight is 648 g/mol. The summed E-state index contributed by atoms with van der Waals surface area (Å²) in [5, 5.41) is 14.8. The van der Waals surface area contributed by atoms with Gasteiger partial charge in [-0.05, 0) is 103 Å². The molecular formula is C37H31F2N5O4. The third kappa shape index (κ3) is 5.26. The van der Waals surface area contributed by atoms with E-state index in [1.165, 1.54) is 24.3 Å². The first-order valence-electron chi connectivity index (χ1n) is 15.8. The van der Waals surface area contributed by atoms with Crippen molar-refractivity contribution in [2.45, 2.75) is 32.4 Å². The van der Waals surface area contributed by atoms with Crippen molar-refractivity contribution < 1.29 is 22.7 Å². The predicted octanol–water partition coefficient (Wildman–Crippen LogP) is 7.72. The molecule has 0 bridgehead atoms. The molecule has 48 heavy (non-hydrogen) atoms. The van der Waals surface area contributed by atoms with Crippen LogP contribution in [0.4, 0.5) is 8.78 Å². The van der Waals surface area contributed by atoms with E-state index in [0.717, 1.165) is 81.1 Å². The fourth-order valence-electron chi connectivity index (χ4n) is 6.79. The maximum Gasteiger partial charge on any atom is 0.420 e. The summed E-state index contributed by atoms with van der Waals surface area (Å²) in [5.74, 6) is -0.280. The molecule has 0 aliphatic carbocycles. The number of aryl methyl sites for hydroxylation is 1. The number of oxazole rings is 2. The van der Waals surface area contributed by atoms with E-state index in [0.29, 0.717) is 22.6 Å². The van der Waals surface area contributed by atoms with Gasteiger partial charge in [-0.25, -0.2) is 18.6 Å². The number of aliphatic hydroxyl groups is 1. The number of hydrogen-bond acceptors (Lipinski definition) is 6. The molecule has 0 unspecified atom stereocenters. The maximum absolute atomic E-state index is 13.4. The van der Waals surface area contributed by atoms with Crippen molar-refractivity contribution in [2.75, 3.05) is 13.1 Å². The molecule has 4 N–H and O–H groups in total. The summed E-state index contributed by atoms with van der Waals surface area (Å²) in [4.78, 5) is 22.9. The van der Waals surface area contributed by atoms with Gasteiger partial charge in [0.1, 0.15) is 17.2 Å². The minimum Gasteiger partial charge on any atom is -0.441 e.